The summed E-state index contributed by atoms with van der Waals surface area (Å²) in [5.41, 5.74) is 1.12. The van der Waals surface area contributed by atoms with Crippen LogP contribution in [0, 0.1) is 39.9 Å². The lowest BCUT2D eigenvalue weighted by atomic mass is 9.41. The van der Waals surface area contributed by atoms with E-state index < -0.39 is 0 Å². The van der Waals surface area contributed by atoms with E-state index in [1.807, 2.05) is 0 Å². The van der Waals surface area contributed by atoms with Crippen molar-refractivity contribution in [1.82, 2.24) is 4.90 Å². The summed E-state index contributed by atoms with van der Waals surface area (Å²) in [6, 6.07) is 0.473. The third-order valence-corrected chi connectivity index (χ3v) is 11.5. The summed E-state index contributed by atoms with van der Waals surface area (Å²) < 4.78 is 19.0. The summed E-state index contributed by atoms with van der Waals surface area (Å²) in [5.74, 6) is 1.07. The van der Waals surface area contributed by atoms with Crippen molar-refractivity contribution in [3.8, 4) is 0 Å². The van der Waals surface area contributed by atoms with Crippen LogP contribution < -0.4 is 0 Å². The van der Waals surface area contributed by atoms with E-state index in [2.05, 4.69) is 25.3 Å². The van der Waals surface area contributed by atoms with Gasteiger partial charge in [0.2, 0.25) is 0 Å². The second-order valence-electron chi connectivity index (χ2n) is 12.1. The number of carbonyl (C=O) groups is 2. The van der Waals surface area contributed by atoms with E-state index in [1.165, 1.54) is 26.7 Å². The highest BCUT2D eigenvalue weighted by atomic mass is 16.6. The molecule has 5 saturated carbocycles. The van der Waals surface area contributed by atoms with Crippen molar-refractivity contribution in [3.05, 3.63) is 12.2 Å². The fraction of sp³-hybridized carbons (Fsp3) is 0.846. The van der Waals surface area contributed by atoms with Crippen LogP contribution in [0.25, 0.3) is 0 Å². The van der Waals surface area contributed by atoms with E-state index in [0.29, 0.717) is 23.8 Å². The molecule has 9 rings (SSSR count). The van der Waals surface area contributed by atoms with Gasteiger partial charge in [0, 0.05) is 42.1 Å². The van der Waals surface area contributed by atoms with E-state index in [-0.39, 0.29) is 58.6 Å². The molecule has 0 aromatic carbocycles. The first kappa shape index (κ1) is 20.0. The SMILES string of the molecule is C=C1[C@H]2C[C@]3([C@@H](C[C@@H]2OC(C)=O)[C@]24[C@@H]5CC[C@]6(C)[C@H]2C[C@H]3[C@H]4N(CC)[C@@H]6O5)[C@H]1OC(C)=O. The van der Waals surface area contributed by atoms with Crippen molar-refractivity contribution in [2.24, 2.45) is 39.9 Å². The predicted molar refractivity (Wildman–Crippen MR) is 115 cm³/mol. The number of piperidine rings is 1. The van der Waals surface area contributed by atoms with Gasteiger partial charge in [-0.25, -0.2) is 0 Å². The molecule has 12 atom stereocenters. The number of esters is 2. The van der Waals surface area contributed by atoms with Gasteiger partial charge in [0.15, 0.2) is 0 Å². The van der Waals surface area contributed by atoms with Crippen molar-refractivity contribution in [3.63, 3.8) is 0 Å². The molecule has 0 amide bonds. The molecule has 6 heteroatoms. The first-order valence-electron chi connectivity index (χ1n) is 12.7. The van der Waals surface area contributed by atoms with Gasteiger partial charge in [-0.3, -0.25) is 14.5 Å². The number of hydrogen-bond acceptors (Lipinski definition) is 6. The van der Waals surface area contributed by atoms with Gasteiger partial charge in [0.1, 0.15) is 18.4 Å². The predicted octanol–water partition coefficient (Wildman–Crippen LogP) is 3.30. The van der Waals surface area contributed by atoms with Gasteiger partial charge in [-0.15, -0.1) is 0 Å². The van der Waals surface area contributed by atoms with Gasteiger partial charge < -0.3 is 14.2 Å². The lowest BCUT2D eigenvalue weighted by Crippen LogP contribution is -2.78. The minimum absolute atomic E-state index is 0.0643. The van der Waals surface area contributed by atoms with Crippen molar-refractivity contribution in [1.29, 1.82) is 0 Å². The summed E-state index contributed by atoms with van der Waals surface area (Å²) in [6.45, 7) is 13.2. The Morgan fingerprint density at radius 2 is 1.94 bits per heavy atom. The van der Waals surface area contributed by atoms with E-state index in [0.717, 1.165) is 31.4 Å². The van der Waals surface area contributed by atoms with Crippen LogP contribution in [0.1, 0.15) is 59.8 Å². The molecule has 32 heavy (non-hydrogen) atoms. The van der Waals surface area contributed by atoms with E-state index in [1.54, 1.807) is 0 Å². The van der Waals surface area contributed by atoms with Crippen LogP contribution in [0.5, 0.6) is 0 Å². The number of fused-ring (bicyclic) bond motifs is 2. The zero-order valence-electron chi connectivity index (χ0n) is 19.6. The molecule has 5 aliphatic carbocycles. The first-order chi connectivity index (χ1) is 15.2. The third kappa shape index (κ3) is 1.81. The summed E-state index contributed by atoms with van der Waals surface area (Å²) in [4.78, 5) is 27.0. The number of carbonyl (C=O) groups excluding carboxylic acids is 2. The average molecular weight is 442 g/mol. The van der Waals surface area contributed by atoms with Crippen molar-refractivity contribution < 1.29 is 23.8 Å². The molecule has 0 aromatic heterocycles. The molecule has 9 aliphatic rings. The Labute approximate surface area is 190 Å². The topological polar surface area (TPSA) is 65.1 Å². The summed E-state index contributed by atoms with van der Waals surface area (Å²) in [7, 11) is 0. The maximum absolute atomic E-state index is 12.3. The quantitative estimate of drug-likeness (QED) is 0.495. The van der Waals surface area contributed by atoms with Crippen LogP contribution in [0.15, 0.2) is 12.2 Å². The van der Waals surface area contributed by atoms with Gasteiger partial charge in [-0.05, 0) is 62.0 Å². The molecule has 174 valence electrons. The molecule has 0 N–H and O–H groups in total. The van der Waals surface area contributed by atoms with Crippen molar-refractivity contribution >= 4 is 11.9 Å². The Morgan fingerprint density at radius 3 is 2.62 bits per heavy atom. The van der Waals surface area contributed by atoms with Gasteiger partial charge >= 0.3 is 11.9 Å². The second-order valence-corrected chi connectivity index (χ2v) is 12.1. The first-order valence-corrected chi connectivity index (χ1v) is 12.7. The molecule has 4 aliphatic heterocycles. The van der Waals surface area contributed by atoms with Gasteiger partial charge in [-0.2, -0.15) is 0 Å². The standard InChI is InChI=1S/C26H35NO5/c1-6-27-21-16-9-18-24(5)8-7-20(32-23(24)27)26(18,21)19-10-17(30-13(3)28)15-11-25(16,19)22(12(15)2)31-14(4)29/h15-23H,2,6-11H2,1,3-5H3/t15-,16+,17+,18-,19-,20+,21-,22+,23-,24-,25+,26+/m1/s1. The van der Waals surface area contributed by atoms with Crippen LogP contribution in [-0.2, 0) is 23.8 Å². The highest BCUT2D eigenvalue weighted by Crippen LogP contribution is 2.86. The highest BCUT2D eigenvalue weighted by molar-refractivity contribution is 5.67. The minimum atomic E-state index is -0.273. The van der Waals surface area contributed by atoms with Gasteiger partial charge in [-0.1, -0.05) is 20.4 Å². The second kappa shape index (κ2) is 5.80. The number of rotatable bonds is 3. The molecular weight excluding hydrogens is 406 g/mol. The molecule has 9 fully saturated rings. The third-order valence-electron chi connectivity index (χ3n) is 11.5. The lowest BCUT2D eigenvalue weighted by Gasteiger charge is -2.73. The largest absolute Gasteiger partial charge is 0.462 e. The molecule has 0 radical (unpaired) electrons. The molecule has 0 aromatic rings. The summed E-state index contributed by atoms with van der Waals surface area (Å²) >= 11 is 0. The highest BCUT2D eigenvalue weighted by Gasteiger charge is 2.89. The number of ether oxygens (including phenoxy) is 3. The summed E-state index contributed by atoms with van der Waals surface area (Å²) in [6.07, 6.45) is 5.37. The van der Waals surface area contributed by atoms with E-state index >= 15 is 0 Å². The van der Waals surface area contributed by atoms with Crippen LogP contribution in [0.4, 0.5) is 0 Å². The minimum Gasteiger partial charge on any atom is -0.462 e. The molecule has 4 saturated heterocycles. The monoisotopic (exact) mass is 441 g/mol. The maximum Gasteiger partial charge on any atom is 0.303 e. The van der Waals surface area contributed by atoms with Crippen molar-refractivity contribution in [2.75, 3.05) is 6.54 Å². The maximum atomic E-state index is 12.3. The molecular formula is C26H35NO5. The molecule has 9 bridgehead atoms. The molecule has 0 unspecified atom stereocenters. The Balaban J connectivity index is 1.44. The fourth-order valence-electron chi connectivity index (χ4n) is 11.2. The number of hydrogen-bond donors (Lipinski definition) is 0. The molecule has 2 spiro atoms. The smallest absolute Gasteiger partial charge is 0.303 e. The van der Waals surface area contributed by atoms with E-state index in [4.69, 9.17) is 14.2 Å². The Hall–Kier alpha value is -1.40. The van der Waals surface area contributed by atoms with Crippen LogP contribution in [0.3, 0.4) is 0 Å². The van der Waals surface area contributed by atoms with E-state index in [9.17, 15) is 9.59 Å². The van der Waals surface area contributed by atoms with Crippen LogP contribution >= 0.6 is 0 Å². The normalized spacial score (nSPS) is 58.2. The Bertz CT molecular complexity index is 949. The zero-order chi connectivity index (χ0) is 22.4. The van der Waals surface area contributed by atoms with Gasteiger partial charge in [0.25, 0.3) is 0 Å². The van der Waals surface area contributed by atoms with Gasteiger partial charge in [0.05, 0.1) is 6.10 Å². The van der Waals surface area contributed by atoms with Crippen molar-refractivity contribution in [2.45, 2.75) is 90.4 Å². The average Bonchev–Trinajstić information content (AvgIpc) is 3.28. The molecule has 6 nitrogen and oxygen atoms in total. The van der Waals surface area contributed by atoms with Crippen LogP contribution in [-0.4, -0.2) is 54.0 Å². The molecule has 4 heterocycles. The number of nitrogens with zero attached hydrogens (tertiary/aromatic N) is 1. The lowest BCUT2D eigenvalue weighted by molar-refractivity contribution is -0.372. The summed E-state index contributed by atoms with van der Waals surface area (Å²) in [5, 5.41) is 0. The Morgan fingerprint density at radius 1 is 1.19 bits per heavy atom. The fourth-order valence-corrected chi connectivity index (χ4v) is 11.2. The zero-order valence-corrected chi connectivity index (χ0v) is 19.6. The Kier molecular flexibility index (Phi) is 3.63. The van der Waals surface area contributed by atoms with Crippen LogP contribution in [0.2, 0.25) is 0 Å².